The smallest absolute Gasteiger partial charge is 0.260 e. The van der Waals surface area contributed by atoms with Crippen molar-refractivity contribution in [3.8, 4) is 0 Å². The van der Waals surface area contributed by atoms with Gasteiger partial charge in [-0.1, -0.05) is 12.1 Å². The lowest BCUT2D eigenvalue weighted by Crippen LogP contribution is -2.27. The molecule has 2 aromatic carbocycles. The molecule has 0 saturated carbocycles. The third-order valence-electron chi connectivity index (χ3n) is 6.10. The van der Waals surface area contributed by atoms with Gasteiger partial charge in [0.1, 0.15) is 17.2 Å². The van der Waals surface area contributed by atoms with Crippen LogP contribution in [0.1, 0.15) is 48.2 Å². The molecule has 2 aromatic rings. The summed E-state index contributed by atoms with van der Waals surface area (Å²) in [6.45, 7) is 5.51. The van der Waals surface area contributed by atoms with Gasteiger partial charge in [-0.2, -0.15) is 0 Å². The van der Waals surface area contributed by atoms with Gasteiger partial charge in [-0.15, -0.1) is 0 Å². The Labute approximate surface area is 180 Å². The Balaban J connectivity index is 1.50. The van der Waals surface area contributed by atoms with Crippen molar-refractivity contribution < 1.29 is 18.7 Å². The lowest BCUT2D eigenvalue weighted by molar-refractivity contribution is -0.111. The van der Waals surface area contributed by atoms with Gasteiger partial charge in [0.15, 0.2) is 0 Å². The number of hydrogen-bond donors (Lipinski definition) is 1. The quantitative estimate of drug-likeness (QED) is 0.724. The van der Waals surface area contributed by atoms with Gasteiger partial charge < -0.3 is 15.0 Å². The van der Waals surface area contributed by atoms with Crippen LogP contribution in [0.25, 0.3) is 11.1 Å². The molecule has 3 aliphatic heterocycles. The number of carbonyl (C=O) groups is 2. The third kappa shape index (κ3) is 3.32. The first-order chi connectivity index (χ1) is 14.8. The Morgan fingerprint density at radius 1 is 1.10 bits per heavy atom. The second-order valence-electron chi connectivity index (χ2n) is 8.63. The Morgan fingerprint density at radius 2 is 1.81 bits per heavy atom. The van der Waals surface area contributed by atoms with Crippen molar-refractivity contribution >= 4 is 28.6 Å². The molecule has 5 rings (SSSR count). The predicted molar refractivity (Wildman–Crippen MR) is 117 cm³/mol. The average molecular weight is 418 g/mol. The highest BCUT2D eigenvalue weighted by molar-refractivity contribution is 6.32. The van der Waals surface area contributed by atoms with Crippen molar-refractivity contribution in [3.63, 3.8) is 0 Å². The maximum Gasteiger partial charge on any atom is 0.260 e. The van der Waals surface area contributed by atoms with Gasteiger partial charge in [0.25, 0.3) is 11.8 Å². The number of amides is 2. The maximum atomic E-state index is 13.6. The van der Waals surface area contributed by atoms with Crippen LogP contribution in [-0.2, 0) is 9.53 Å². The summed E-state index contributed by atoms with van der Waals surface area (Å²) in [5.74, 6) is -0.192. The van der Waals surface area contributed by atoms with Gasteiger partial charge >= 0.3 is 0 Å². The van der Waals surface area contributed by atoms with Gasteiger partial charge in [0.05, 0.1) is 11.3 Å². The van der Waals surface area contributed by atoms with Crippen molar-refractivity contribution in [2.24, 2.45) is 0 Å². The van der Waals surface area contributed by atoms with Crippen molar-refractivity contribution in [2.75, 3.05) is 18.4 Å². The number of anilines is 1. The Kier molecular flexibility index (Phi) is 4.46. The molecule has 31 heavy (non-hydrogen) atoms. The zero-order valence-corrected chi connectivity index (χ0v) is 17.5. The summed E-state index contributed by atoms with van der Waals surface area (Å²) in [5.41, 5.74) is 3.33. The number of hydrogen-bond acceptors (Lipinski definition) is 3. The zero-order valence-electron chi connectivity index (χ0n) is 17.5. The van der Waals surface area contributed by atoms with E-state index in [0.29, 0.717) is 28.1 Å². The Hall–Kier alpha value is -3.41. The van der Waals surface area contributed by atoms with E-state index in [-0.39, 0.29) is 11.8 Å². The van der Waals surface area contributed by atoms with Crippen molar-refractivity contribution in [3.05, 3.63) is 76.8 Å². The molecule has 6 heteroatoms. The van der Waals surface area contributed by atoms with E-state index in [2.05, 4.69) is 5.32 Å². The SMILES string of the molecule is CC1(C)OC(=C2C(=O)Nc3cc(F)ccc32)C=C1c1ccc(C(=O)N2CCCC2)cc1. The number of carbonyl (C=O) groups excluding carboxylic acids is 2. The molecule has 3 aliphatic rings. The number of benzene rings is 2. The molecule has 0 aliphatic carbocycles. The van der Waals surface area contributed by atoms with Crippen LogP contribution in [0.2, 0.25) is 0 Å². The van der Waals surface area contributed by atoms with Gasteiger partial charge in [0, 0.05) is 29.8 Å². The molecule has 3 heterocycles. The van der Waals surface area contributed by atoms with Gasteiger partial charge in [-0.3, -0.25) is 9.59 Å². The van der Waals surface area contributed by atoms with Crippen LogP contribution in [-0.4, -0.2) is 35.4 Å². The first-order valence-corrected chi connectivity index (χ1v) is 10.5. The molecule has 0 radical (unpaired) electrons. The first-order valence-electron chi connectivity index (χ1n) is 10.5. The summed E-state index contributed by atoms with van der Waals surface area (Å²) in [4.78, 5) is 27.1. The predicted octanol–water partition coefficient (Wildman–Crippen LogP) is 4.62. The topological polar surface area (TPSA) is 58.6 Å². The minimum atomic E-state index is -0.661. The van der Waals surface area contributed by atoms with Crippen LogP contribution < -0.4 is 5.32 Å². The molecular weight excluding hydrogens is 395 g/mol. The molecule has 1 saturated heterocycles. The highest BCUT2D eigenvalue weighted by Gasteiger charge is 2.38. The average Bonchev–Trinajstić information content (AvgIpc) is 3.44. The maximum absolute atomic E-state index is 13.6. The van der Waals surface area contributed by atoms with Crippen molar-refractivity contribution in [1.29, 1.82) is 0 Å². The molecule has 1 fully saturated rings. The van der Waals surface area contributed by atoms with E-state index in [1.165, 1.54) is 12.1 Å². The molecule has 5 nitrogen and oxygen atoms in total. The highest BCUT2D eigenvalue weighted by atomic mass is 19.1. The molecule has 0 spiro atoms. The molecule has 0 unspecified atom stereocenters. The lowest BCUT2D eigenvalue weighted by atomic mass is 9.91. The number of rotatable bonds is 2. The summed E-state index contributed by atoms with van der Waals surface area (Å²) >= 11 is 0. The van der Waals surface area contributed by atoms with E-state index in [1.54, 1.807) is 6.07 Å². The van der Waals surface area contributed by atoms with Gasteiger partial charge in [-0.25, -0.2) is 4.39 Å². The molecule has 0 aromatic heterocycles. The van der Waals surface area contributed by atoms with E-state index >= 15 is 0 Å². The van der Waals surface area contributed by atoms with Crippen LogP contribution >= 0.6 is 0 Å². The van der Waals surface area contributed by atoms with Crippen LogP contribution in [0.15, 0.2) is 54.3 Å². The summed E-state index contributed by atoms with van der Waals surface area (Å²) in [7, 11) is 0. The first kappa shape index (κ1) is 19.5. The van der Waals surface area contributed by atoms with E-state index in [4.69, 9.17) is 4.74 Å². The van der Waals surface area contributed by atoms with E-state index in [1.807, 2.05) is 49.1 Å². The number of fused-ring (bicyclic) bond motifs is 1. The van der Waals surface area contributed by atoms with E-state index < -0.39 is 11.4 Å². The monoisotopic (exact) mass is 418 g/mol. The molecule has 2 amide bonds. The molecule has 1 N–H and O–H groups in total. The second-order valence-corrected chi connectivity index (χ2v) is 8.63. The molecular formula is C25H23FN2O3. The number of nitrogens with zero attached hydrogens (tertiary/aromatic N) is 1. The van der Waals surface area contributed by atoms with Crippen LogP contribution in [0.3, 0.4) is 0 Å². The van der Waals surface area contributed by atoms with E-state index in [0.717, 1.165) is 37.1 Å². The number of nitrogens with one attached hydrogen (secondary N) is 1. The Morgan fingerprint density at radius 3 is 2.52 bits per heavy atom. The normalized spacial score (nSPS) is 21.6. The molecule has 0 bridgehead atoms. The van der Waals surface area contributed by atoms with Crippen molar-refractivity contribution in [1.82, 2.24) is 4.90 Å². The minimum absolute atomic E-state index is 0.0641. The standard InChI is InChI=1S/C25H23FN2O3/c1-25(2)19(15-5-7-16(8-6-15)24(30)28-11-3-4-12-28)14-21(31-25)22-18-10-9-17(26)13-20(18)27-23(22)29/h5-10,13-14H,3-4,11-12H2,1-2H3,(H,27,29). The number of halogens is 1. The third-order valence-corrected chi connectivity index (χ3v) is 6.10. The fraction of sp³-hybridized carbons (Fsp3) is 0.280. The summed E-state index contributed by atoms with van der Waals surface area (Å²) in [6, 6.07) is 11.8. The number of likely N-dealkylation sites (tertiary alicyclic amines) is 1. The largest absolute Gasteiger partial charge is 0.482 e. The number of allylic oxidation sites excluding steroid dienone is 1. The van der Waals surface area contributed by atoms with Gasteiger partial charge in [0.2, 0.25) is 0 Å². The van der Waals surface area contributed by atoms with E-state index in [9.17, 15) is 14.0 Å². The summed E-state index contributed by atoms with van der Waals surface area (Å²) in [6.07, 6.45) is 3.98. The summed E-state index contributed by atoms with van der Waals surface area (Å²) in [5, 5.41) is 2.71. The van der Waals surface area contributed by atoms with Gasteiger partial charge in [-0.05, 0) is 68.7 Å². The molecule has 0 atom stereocenters. The summed E-state index contributed by atoms with van der Waals surface area (Å²) < 4.78 is 19.7. The second kappa shape index (κ2) is 7.08. The Bertz CT molecular complexity index is 1160. The zero-order chi connectivity index (χ0) is 21.8. The van der Waals surface area contributed by atoms with Crippen LogP contribution in [0.5, 0.6) is 0 Å². The minimum Gasteiger partial charge on any atom is -0.482 e. The number of ether oxygens (including phenoxy) is 1. The fourth-order valence-corrected chi connectivity index (χ4v) is 4.50. The van der Waals surface area contributed by atoms with Crippen LogP contribution in [0.4, 0.5) is 10.1 Å². The van der Waals surface area contributed by atoms with Crippen molar-refractivity contribution in [2.45, 2.75) is 32.3 Å². The highest BCUT2D eigenvalue weighted by Crippen LogP contribution is 2.44. The van der Waals surface area contributed by atoms with Crippen LogP contribution in [0, 0.1) is 5.82 Å². The molecule has 158 valence electrons. The fourth-order valence-electron chi connectivity index (χ4n) is 4.50. The lowest BCUT2D eigenvalue weighted by Gasteiger charge is -2.23.